The fourth-order valence-corrected chi connectivity index (χ4v) is 2.99. The van der Waals surface area contributed by atoms with Crippen LogP contribution < -0.4 is 14.8 Å². The van der Waals surface area contributed by atoms with Gasteiger partial charge in [-0.05, 0) is 17.6 Å². The van der Waals surface area contributed by atoms with E-state index in [1.165, 1.54) is 11.5 Å². The molecule has 108 valence electrons. The second-order valence-electron chi connectivity index (χ2n) is 4.44. The number of ether oxygens (including phenoxy) is 2. The molecular weight excluding hydrogens is 310 g/mol. The zero-order valence-electron chi connectivity index (χ0n) is 11.1. The molecule has 3 rings (SSSR count). The van der Waals surface area contributed by atoms with Gasteiger partial charge in [0.15, 0.2) is 16.7 Å². The highest BCUT2D eigenvalue weighted by molar-refractivity contribution is 7.10. The molecule has 0 radical (unpaired) electrons. The van der Waals surface area contributed by atoms with Crippen LogP contribution >= 0.6 is 23.1 Å². The predicted octanol–water partition coefficient (Wildman–Crippen LogP) is 3.44. The summed E-state index contributed by atoms with van der Waals surface area (Å²) in [6, 6.07) is 7.84. The number of nitrogens with zero attached hydrogens (tertiary/aromatic N) is 2. The number of halogens is 1. The molecule has 0 fully saturated rings. The van der Waals surface area contributed by atoms with Crippen molar-refractivity contribution in [2.24, 2.45) is 0 Å². The third-order valence-electron chi connectivity index (χ3n) is 3.05. The highest BCUT2D eigenvalue weighted by Gasteiger charge is 2.16. The normalized spacial score (nSPS) is 13.3. The number of anilines is 1. The molecule has 21 heavy (non-hydrogen) atoms. The zero-order valence-corrected chi connectivity index (χ0v) is 12.6. The predicted molar refractivity (Wildman–Crippen MR) is 81.2 cm³/mol. The lowest BCUT2D eigenvalue weighted by molar-refractivity contribution is 0.296. The largest absolute Gasteiger partial charge is 0.490 e. The van der Waals surface area contributed by atoms with Crippen molar-refractivity contribution in [3.63, 3.8) is 0 Å². The topological polar surface area (TPSA) is 67.2 Å². The van der Waals surface area contributed by atoms with Gasteiger partial charge in [-0.25, -0.2) is 0 Å². The summed E-state index contributed by atoms with van der Waals surface area (Å²) >= 11 is 7.03. The fraction of sp³-hybridized carbons (Fsp3) is 0.286. The van der Waals surface area contributed by atoms with E-state index in [1.807, 2.05) is 24.3 Å². The molecule has 0 unspecified atom stereocenters. The summed E-state index contributed by atoms with van der Waals surface area (Å²) in [5, 5.41) is 13.1. The first kappa shape index (κ1) is 14.0. The molecule has 0 spiro atoms. The maximum absolute atomic E-state index is 9.06. The lowest BCUT2D eigenvalue weighted by Gasteiger charge is -2.12. The van der Waals surface area contributed by atoms with Gasteiger partial charge in [-0.2, -0.15) is 9.64 Å². The van der Waals surface area contributed by atoms with Crippen LogP contribution in [0.25, 0.3) is 0 Å². The second-order valence-corrected chi connectivity index (χ2v) is 5.57. The fourth-order valence-electron chi connectivity index (χ4n) is 2.06. The van der Waals surface area contributed by atoms with Crippen molar-refractivity contribution in [3.05, 3.63) is 34.5 Å². The minimum atomic E-state index is 0.233. The van der Waals surface area contributed by atoms with Gasteiger partial charge in [-0.15, -0.1) is 0 Å². The second kappa shape index (κ2) is 6.20. The van der Waals surface area contributed by atoms with Crippen molar-refractivity contribution in [2.75, 3.05) is 18.5 Å². The van der Waals surface area contributed by atoms with Crippen LogP contribution in [0.15, 0.2) is 18.2 Å². The molecule has 0 saturated carbocycles. The Kier molecular flexibility index (Phi) is 4.13. The Labute approximate surface area is 131 Å². The Bertz CT molecular complexity index is 696. The van der Waals surface area contributed by atoms with Gasteiger partial charge >= 0.3 is 0 Å². The SMILES string of the molecule is N#Cc1c(Cl)nsc1NCc1cccc2c1OCCCO2. The first-order valence-corrected chi connectivity index (χ1v) is 7.61. The van der Waals surface area contributed by atoms with Gasteiger partial charge in [0.2, 0.25) is 0 Å². The van der Waals surface area contributed by atoms with Gasteiger partial charge < -0.3 is 14.8 Å². The lowest BCUT2D eigenvalue weighted by atomic mass is 10.2. The van der Waals surface area contributed by atoms with Crippen molar-refractivity contribution in [1.82, 2.24) is 4.37 Å². The van der Waals surface area contributed by atoms with Gasteiger partial charge in [0.05, 0.1) is 13.2 Å². The summed E-state index contributed by atoms with van der Waals surface area (Å²) in [6.07, 6.45) is 0.866. The number of fused-ring (bicyclic) bond motifs is 1. The highest BCUT2D eigenvalue weighted by Crippen LogP contribution is 2.34. The van der Waals surface area contributed by atoms with E-state index < -0.39 is 0 Å². The van der Waals surface area contributed by atoms with Crippen LogP contribution in [0.4, 0.5) is 5.00 Å². The Morgan fingerprint density at radius 3 is 3.10 bits per heavy atom. The summed E-state index contributed by atoms with van der Waals surface area (Å²) in [4.78, 5) is 0. The van der Waals surface area contributed by atoms with Gasteiger partial charge in [-0.1, -0.05) is 23.7 Å². The van der Waals surface area contributed by atoms with Crippen LogP contribution in [0.1, 0.15) is 17.5 Å². The quantitative estimate of drug-likeness (QED) is 0.938. The zero-order chi connectivity index (χ0) is 14.7. The molecule has 2 heterocycles. The van der Waals surface area contributed by atoms with Gasteiger partial charge in [0.25, 0.3) is 0 Å². The van der Waals surface area contributed by atoms with Crippen molar-refractivity contribution < 1.29 is 9.47 Å². The van der Waals surface area contributed by atoms with Crippen LogP contribution in [0.5, 0.6) is 11.5 Å². The number of para-hydroxylation sites is 1. The van der Waals surface area contributed by atoms with Crippen LogP contribution in [0, 0.1) is 11.3 Å². The number of aromatic nitrogens is 1. The molecule has 0 amide bonds. The smallest absolute Gasteiger partial charge is 0.166 e. The Hall–Kier alpha value is -1.97. The molecule has 0 atom stereocenters. The van der Waals surface area contributed by atoms with Crippen molar-refractivity contribution in [2.45, 2.75) is 13.0 Å². The third kappa shape index (κ3) is 2.89. The van der Waals surface area contributed by atoms with Crippen LogP contribution in [0.3, 0.4) is 0 Å². The Morgan fingerprint density at radius 1 is 1.38 bits per heavy atom. The molecule has 0 saturated heterocycles. The number of hydrogen-bond donors (Lipinski definition) is 1. The molecule has 1 aromatic heterocycles. The lowest BCUT2D eigenvalue weighted by Crippen LogP contribution is -2.03. The molecule has 5 nitrogen and oxygen atoms in total. The average molecular weight is 322 g/mol. The van der Waals surface area contributed by atoms with E-state index >= 15 is 0 Å². The number of hydrogen-bond acceptors (Lipinski definition) is 6. The van der Waals surface area contributed by atoms with E-state index in [9.17, 15) is 0 Å². The minimum Gasteiger partial charge on any atom is -0.490 e. The van der Waals surface area contributed by atoms with Crippen LogP contribution in [-0.4, -0.2) is 17.6 Å². The van der Waals surface area contributed by atoms with Crippen LogP contribution in [-0.2, 0) is 6.54 Å². The van der Waals surface area contributed by atoms with Gasteiger partial charge in [0, 0.05) is 18.5 Å². The minimum absolute atomic E-state index is 0.233. The summed E-state index contributed by atoms with van der Waals surface area (Å²) in [5.41, 5.74) is 1.35. The van der Waals surface area contributed by atoms with Crippen molar-refractivity contribution in [3.8, 4) is 17.6 Å². The van der Waals surface area contributed by atoms with Crippen molar-refractivity contribution in [1.29, 1.82) is 5.26 Å². The molecule has 0 bridgehead atoms. The number of benzene rings is 1. The van der Waals surface area contributed by atoms with E-state index in [0.29, 0.717) is 30.3 Å². The van der Waals surface area contributed by atoms with E-state index in [1.54, 1.807) is 0 Å². The van der Waals surface area contributed by atoms with E-state index in [-0.39, 0.29) is 5.15 Å². The summed E-state index contributed by atoms with van der Waals surface area (Å²) < 4.78 is 15.4. The standard InChI is InChI=1S/C14H12ClN3O2S/c15-13-10(7-16)14(21-18-13)17-8-9-3-1-4-11-12(9)20-6-2-5-19-11/h1,3-4,17H,2,5-6,8H2. The Morgan fingerprint density at radius 2 is 2.24 bits per heavy atom. The average Bonchev–Trinajstić information content (AvgIpc) is 2.71. The van der Waals surface area contributed by atoms with E-state index in [2.05, 4.69) is 9.69 Å². The van der Waals surface area contributed by atoms with Crippen molar-refractivity contribution >= 4 is 28.1 Å². The first-order valence-electron chi connectivity index (χ1n) is 6.46. The van der Waals surface area contributed by atoms with Gasteiger partial charge in [0.1, 0.15) is 16.6 Å². The number of nitriles is 1. The maximum atomic E-state index is 9.06. The van der Waals surface area contributed by atoms with Gasteiger partial charge in [-0.3, -0.25) is 0 Å². The molecule has 1 aromatic carbocycles. The molecule has 1 aliphatic heterocycles. The summed E-state index contributed by atoms with van der Waals surface area (Å²) in [7, 11) is 0. The molecule has 1 aliphatic rings. The monoisotopic (exact) mass is 321 g/mol. The third-order valence-corrected chi connectivity index (χ3v) is 4.23. The van der Waals surface area contributed by atoms with E-state index in [4.69, 9.17) is 26.3 Å². The molecule has 0 aliphatic carbocycles. The summed E-state index contributed by atoms with van der Waals surface area (Å²) in [6.45, 7) is 1.81. The molecule has 1 N–H and O–H groups in total. The van der Waals surface area contributed by atoms with E-state index in [0.717, 1.165) is 23.5 Å². The Balaban J connectivity index is 1.81. The molecule has 2 aromatic rings. The molecule has 7 heteroatoms. The summed E-state index contributed by atoms with van der Waals surface area (Å²) in [5.74, 6) is 1.52. The molecular formula is C14H12ClN3O2S. The maximum Gasteiger partial charge on any atom is 0.166 e. The highest BCUT2D eigenvalue weighted by atomic mass is 35.5. The number of rotatable bonds is 3. The van der Waals surface area contributed by atoms with Crippen LogP contribution in [0.2, 0.25) is 5.15 Å². The first-order chi connectivity index (χ1) is 10.3. The number of nitrogens with one attached hydrogen (secondary N) is 1.